The molecule has 0 bridgehead atoms. The third kappa shape index (κ3) is 4.36. The molecule has 1 fully saturated rings. The van der Waals surface area contributed by atoms with Crippen molar-refractivity contribution in [1.82, 2.24) is 4.90 Å². The Kier molecular flexibility index (Phi) is 6.10. The van der Waals surface area contributed by atoms with Crippen molar-refractivity contribution >= 4 is 5.91 Å². The third-order valence-electron chi connectivity index (χ3n) is 4.28. The van der Waals surface area contributed by atoms with Crippen LogP contribution in [0.5, 0.6) is 0 Å². The highest BCUT2D eigenvalue weighted by Crippen LogP contribution is 2.23. The number of hydrogen-bond acceptors (Lipinski definition) is 1. The van der Waals surface area contributed by atoms with Crippen molar-refractivity contribution in [2.24, 2.45) is 0 Å². The predicted octanol–water partition coefficient (Wildman–Crippen LogP) is 4.19. The second-order valence-corrected chi connectivity index (χ2v) is 5.86. The monoisotopic (exact) mass is 273 g/mol. The summed E-state index contributed by atoms with van der Waals surface area (Å²) in [5.41, 5.74) is 1.33. The standard InChI is InChI=1S/C18H27NO/c1-2-9-18(20)19(17-12-7-4-8-13-17)15-14-16-10-5-3-6-11-16/h3,5-6,10-11,17H,2,4,7-9,12-15H2,1H3. The molecule has 0 aromatic heterocycles. The van der Waals surface area contributed by atoms with E-state index in [-0.39, 0.29) is 0 Å². The van der Waals surface area contributed by atoms with Crippen molar-refractivity contribution in [2.75, 3.05) is 6.54 Å². The summed E-state index contributed by atoms with van der Waals surface area (Å²) in [5.74, 6) is 0.357. The van der Waals surface area contributed by atoms with E-state index in [0.29, 0.717) is 18.4 Å². The lowest BCUT2D eigenvalue weighted by Gasteiger charge is -2.34. The quantitative estimate of drug-likeness (QED) is 0.761. The number of nitrogens with zero attached hydrogens (tertiary/aromatic N) is 1. The smallest absolute Gasteiger partial charge is 0.222 e. The van der Waals surface area contributed by atoms with Gasteiger partial charge in [0.25, 0.3) is 0 Å². The largest absolute Gasteiger partial charge is 0.339 e. The van der Waals surface area contributed by atoms with Gasteiger partial charge in [0.2, 0.25) is 5.91 Å². The molecule has 2 heteroatoms. The molecule has 2 rings (SSSR count). The molecule has 1 saturated carbocycles. The van der Waals surface area contributed by atoms with Gasteiger partial charge in [0.15, 0.2) is 0 Å². The molecule has 1 aromatic rings. The van der Waals surface area contributed by atoms with Crippen LogP contribution in [0.4, 0.5) is 0 Å². The van der Waals surface area contributed by atoms with E-state index in [9.17, 15) is 4.79 Å². The summed E-state index contributed by atoms with van der Waals surface area (Å²) in [6.45, 7) is 2.97. The predicted molar refractivity (Wildman–Crippen MR) is 83.6 cm³/mol. The van der Waals surface area contributed by atoms with Crippen LogP contribution in [0.15, 0.2) is 30.3 Å². The van der Waals surface area contributed by atoms with Crippen LogP contribution in [-0.4, -0.2) is 23.4 Å². The molecule has 0 saturated heterocycles. The number of carbonyl (C=O) groups excluding carboxylic acids is 1. The molecule has 0 unspecified atom stereocenters. The first-order valence-electron chi connectivity index (χ1n) is 8.14. The number of rotatable bonds is 6. The van der Waals surface area contributed by atoms with Gasteiger partial charge in [0.1, 0.15) is 0 Å². The Balaban J connectivity index is 1.96. The van der Waals surface area contributed by atoms with E-state index in [1.54, 1.807) is 0 Å². The van der Waals surface area contributed by atoms with Gasteiger partial charge in [-0.2, -0.15) is 0 Å². The zero-order valence-electron chi connectivity index (χ0n) is 12.7. The molecule has 0 N–H and O–H groups in total. The summed E-state index contributed by atoms with van der Waals surface area (Å²) >= 11 is 0. The summed E-state index contributed by atoms with van der Waals surface area (Å²) in [6, 6.07) is 11.0. The lowest BCUT2D eigenvalue weighted by molar-refractivity contribution is -0.134. The Bertz CT molecular complexity index is 395. The molecule has 0 radical (unpaired) electrons. The first-order chi connectivity index (χ1) is 9.81. The molecule has 20 heavy (non-hydrogen) atoms. The fraction of sp³-hybridized carbons (Fsp3) is 0.611. The molecule has 1 aliphatic rings. The SMILES string of the molecule is CCCC(=O)N(CCc1ccccc1)C1CCCCC1. The maximum atomic E-state index is 12.4. The van der Waals surface area contributed by atoms with E-state index in [1.807, 2.05) is 6.07 Å². The molecule has 0 heterocycles. The Morgan fingerprint density at radius 2 is 1.85 bits per heavy atom. The van der Waals surface area contributed by atoms with Gasteiger partial charge < -0.3 is 4.90 Å². The van der Waals surface area contributed by atoms with Gasteiger partial charge >= 0.3 is 0 Å². The van der Waals surface area contributed by atoms with Gasteiger partial charge in [-0.3, -0.25) is 4.79 Å². The van der Waals surface area contributed by atoms with Crippen LogP contribution in [0.25, 0.3) is 0 Å². The van der Waals surface area contributed by atoms with E-state index in [2.05, 4.69) is 36.1 Å². The van der Waals surface area contributed by atoms with Crippen LogP contribution < -0.4 is 0 Å². The zero-order chi connectivity index (χ0) is 14.2. The molecule has 2 nitrogen and oxygen atoms in total. The van der Waals surface area contributed by atoms with Crippen molar-refractivity contribution < 1.29 is 4.79 Å². The number of amides is 1. The second kappa shape index (κ2) is 8.08. The van der Waals surface area contributed by atoms with Crippen molar-refractivity contribution in [1.29, 1.82) is 0 Å². The summed E-state index contributed by atoms with van der Waals surface area (Å²) in [7, 11) is 0. The summed E-state index contributed by atoms with van der Waals surface area (Å²) in [4.78, 5) is 14.6. The van der Waals surface area contributed by atoms with Gasteiger partial charge in [0.05, 0.1) is 0 Å². The van der Waals surface area contributed by atoms with Crippen LogP contribution >= 0.6 is 0 Å². The molecule has 1 aromatic carbocycles. The maximum absolute atomic E-state index is 12.4. The second-order valence-electron chi connectivity index (χ2n) is 5.86. The summed E-state index contributed by atoms with van der Waals surface area (Å²) in [5, 5.41) is 0. The number of benzene rings is 1. The maximum Gasteiger partial charge on any atom is 0.222 e. The van der Waals surface area contributed by atoms with Crippen LogP contribution in [0.2, 0.25) is 0 Å². The minimum absolute atomic E-state index is 0.357. The van der Waals surface area contributed by atoms with E-state index in [0.717, 1.165) is 19.4 Å². The zero-order valence-corrected chi connectivity index (χ0v) is 12.7. The Morgan fingerprint density at radius 3 is 2.50 bits per heavy atom. The highest BCUT2D eigenvalue weighted by Gasteiger charge is 2.24. The lowest BCUT2D eigenvalue weighted by atomic mass is 9.93. The van der Waals surface area contributed by atoms with E-state index >= 15 is 0 Å². The molecule has 0 spiro atoms. The fourth-order valence-corrected chi connectivity index (χ4v) is 3.16. The van der Waals surface area contributed by atoms with Crippen molar-refractivity contribution in [3.63, 3.8) is 0 Å². The molecule has 0 atom stereocenters. The summed E-state index contributed by atoms with van der Waals surface area (Å²) in [6.07, 6.45) is 8.93. The van der Waals surface area contributed by atoms with Crippen LogP contribution in [-0.2, 0) is 11.2 Å². The minimum atomic E-state index is 0.357. The van der Waals surface area contributed by atoms with Crippen LogP contribution in [0.3, 0.4) is 0 Å². The number of carbonyl (C=O) groups is 1. The van der Waals surface area contributed by atoms with E-state index in [1.165, 1.54) is 37.7 Å². The molecular weight excluding hydrogens is 246 g/mol. The Labute approximate surface area is 123 Å². The molecule has 1 amide bonds. The number of hydrogen-bond donors (Lipinski definition) is 0. The Hall–Kier alpha value is -1.31. The van der Waals surface area contributed by atoms with Crippen LogP contribution in [0.1, 0.15) is 57.4 Å². The van der Waals surface area contributed by atoms with Gasteiger partial charge in [-0.1, -0.05) is 56.5 Å². The van der Waals surface area contributed by atoms with Gasteiger partial charge in [0, 0.05) is 19.0 Å². The van der Waals surface area contributed by atoms with Crippen LogP contribution in [0, 0.1) is 0 Å². The average Bonchev–Trinajstić information content (AvgIpc) is 2.50. The van der Waals surface area contributed by atoms with Gasteiger partial charge in [-0.25, -0.2) is 0 Å². The lowest BCUT2D eigenvalue weighted by Crippen LogP contribution is -2.42. The highest BCUT2D eigenvalue weighted by molar-refractivity contribution is 5.76. The van der Waals surface area contributed by atoms with Gasteiger partial charge in [-0.05, 0) is 31.2 Å². The fourth-order valence-electron chi connectivity index (χ4n) is 3.16. The average molecular weight is 273 g/mol. The van der Waals surface area contributed by atoms with Crippen molar-refractivity contribution in [3.8, 4) is 0 Å². The topological polar surface area (TPSA) is 20.3 Å². The summed E-state index contributed by atoms with van der Waals surface area (Å²) < 4.78 is 0. The first-order valence-corrected chi connectivity index (χ1v) is 8.14. The normalized spacial score (nSPS) is 16.1. The van der Waals surface area contributed by atoms with E-state index in [4.69, 9.17) is 0 Å². The minimum Gasteiger partial charge on any atom is -0.339 e. The molecular formula is C18H27NO. The molecule has 110 valence electrons. The molecule has 1 aliphatic carbocycles. The van der Waals surface area contributed by atoms with E-state index < -0.39 is 0 Å². The van der Waals surface area contributed by atoms with Crippen molar-refractivity contribution in [2.45, 2.75) is 64.3 Å². The third-order valence-corrected chi connectivity index (χ3v) is 4.28. The van der Waals surface area contributed by atoms with Gasteiger partial charge in [-0.15, -0.1) is 0 Å². The first kappa shape index (κ1) is 15.1. The highest BCUT2D eigenvalue weighted by atomic mass is 16.2. The van der Waals surface area contributed by atoms with Crippen molar-refractivity contribution in [3.05, 3.63) is 35.9 Å². The molecule has 0 aliphatic heterocycles. The Morgan fingerprint density at radius 1 is 1.15 bits per heavy atom.